The highest BCUT2D eigenvalue weighted by Gasteiger charge is 2.15. The predicted octanol–water partition coefficient (Wildman–Crippen LogP) is 3.84. The molecule has 0 amide bonds. The van der Waals surface area contributed by atoms with Crippen molar-refractivity contribution < 1.29 is 4.74 Å². The van der Waals surface area contributed by atoms with Crippen LogP contribution in [0, 0.1) is 0 Å². The van der Waals surface area contributed by atoms with Gasteiger partial charge in [-0.1, -0.05) is 18.7 Å². The highest BCUT2D eigenvalue weighted by atomic mass is 32.2. The molecule has 6 heteroatoms. The zero-order valence-corrected chi connectivity index (χ0v) is 14.0. The number of benzene rings is 1. The number of ether oxygens (including phenoxy) is 1. The molecular weight excluding hydrogens is 308 g/mol. The molecule has 1 aromatic carbocycles. The van der Waals surface area contributed by atoms with Gasteiger partial charge in [-0.2, -0.15) is 0 Å². The number of hydrogen-bond donors (Lipinski definition) is 0. The Balaban J connectivity index is 2.06. The van der Waals surface area contributed by atoms with Crippen LogP contribution in [0.15, 0.2) is 53.9 Å². The van der Waals surface area contributed by atoms with E-state index in [1.54, 1.807) is 24.2 Å². The van der Waals surface area contributed by atoms with E-state index in [9.17, 15) is 0 Å². The summed E-state index contributed by atoms with van der Waals surface area (Å²) in [6, 6.07) is 11.9. The molecule has 3 rings (SSSR count). The molecule has 2 heterocycles. The first-order valence-corrected chi connectivity index (χ1v) is 8.54. The van der Waals surface area contributed by atoms with Gasteiger partial charge in [0, 0.05) is 23.6 Å². The summed E-state index contributed by atoms with van der Waals surface area (Å²) in [6.07, 6.45) is 3.55. The van der Waals surface area contributed by atoms with Crippen LogP contribution in [0.4, 0.5) is 0 Å². The van der Waals surface area contributed by atoms with Gasteiger partial charge in [0.2, 0.25) is 0 Å². The van der Waals surface area contributed by atoms with Gasteiger partial charge in [-0.25, -0.2) is 0 Å². The van der Waals surface area contributed by atoms with Gasteiger partial charge in [0.15, 0.2) is 11.0 Å². The molecule has 0 saturated carbocycles. The van der Waals surface area contributed by atoms with Crippen molar-refractivity contribution in [3.05, 3.63) is 48.8 Å². The molecular formula is C17H18N4OS. The van der Waals surface area contributed by atoms with Crippen LogP contribution in [0.5, 0.6) is 5.75 Å². The fourth-order valence-corrected chi connectivity index (χ4v) is 2.94. The molecule has 0 spiro atoms. The van der Waals surface area contributed by atoms with Crippen molar-refractivity contribution in [2.24, 2.45) is 0 Å². The number of hydrogen-bond acceptors (Lipinski definition) is 5. The molecule has 2 aromatic heterocycles. The van der Waals surface area contributed by atoms with E-state index in [2.05, 4.69) is 26.7 Å². The molecule has 118 valence electrons. The van der Waals surface area contributed by atoms with Crippen molar-refractivity contribution in [3.8, 4) is 22.8 Å². The van der Waals surface area contributed by atoms with Crippen molar-refractivity contribution in [3.63, 3.8) is 0 Å². The number of thioether (sulfide) groups is 1. The lowest BCUT2D eigenvalue weighted by atomic mass is 10.2. The van der Waals surface area contributed by atoms with Crippen LogP contribution in [0.25, 0.3) is 17.1 Å². The summed E-state index contributed by atoms with van der Waals surface area (Å²) in [5.74, 6) is 2.58. The molecule has 23 heavy (non-hydrogen) atoms. The Morgan fingerprint density at radius 2 is 1.91 bits per heavy atom. The van der Waals surface area contributed by atoms with Gasteiger partial charge in [0.25, 0.3) is 0 Å². The third-order valence-electron chi connectivity index (χ3n) is 3.23. The molecule has 0 aliphatic heterocycles. The van der Waals surface area contributed by atoms with Gasteiger partial charge in [-0.3, -0.25) is 9.55 Å². The smallest absolute Gasteiger partial charge is 0.196 e. The molecule has 0 bridgehead atoms. The van der Waals surface area contributed by atoms with Crippen LogP contribution in [-0.2, 0) is 0 Å². The third-order valence-corrected chi connectivity index (χ3v) is 4.04. The molecule has 0 N–H and O–H groups in total. The molecule has 0 fully saturated rings. The topological polar surface area (TPSA) is 52.8 Å². The molecule has 0 radical (unpaired) electrons. The summed E-state index contributed by atoms with van der Waals surface area (Å²) in [5, 5.41) is 9.57. The molecule has 0 atom stereocenters. The minimum Gasteiger partial charge on any atom is -0.494 e. The Kier molecular flexibility index (Phi) is 4.92. The van der Waals surface area contributed by atoms with Crippen molar-refractivity contribution in [1.29, 1.82) is 0 Å². The fourth-order valence-electron chi connectivity index (χ4n) is 2.27. The zero-order valence-electron chi connectivity index (χ0n) is 13.1. The van der Waals surface area contributed by atoms with E-state index in [-0.39, 0.29) is 0 Å². The largest absolute Gasteiger partial charge is 0.494 e. The van der Waals surface area contributed by atoms with Crippen molar-refractivity contribution in [2.45, 2.75) is 19.0 Å². The van der Waals surface area contributed by atoms with Crippen LogP contribution in [-0.4, -0.2) is 32.1 Å². The molecule has 0 aliphatic carbocycles. The van der Waals surface area contributed by atoms with E-state index in [4.69, 9.17) is 4.74 Å². The van der Waals surface area contributed by atoms with Gasteiger partial charge >= 0.3 is 0 Å². The number of nitrogens with zero attached hydrogens (tertiary/aromatic N) is 4. The normalized spacial score (nSPS) is 10.7. The molecule has 0 saturated heterocycles. The second-order valence-electron chi connectivity index (χ2n) is 4.74. The summed E-state index contributed by atoms with van der Waals surface area (Å²) in [6.45, 7) is 4.74. The Bertz CT molecular complexity index is 756. The maximum absolute atomic E-state index is 5.52. The summed E-state index contributed by atoms with van der Waals surface area (Å²) in [5.41, 5.74) is 1.95. The van der Waals surface area contributed by atoms with Crippen LogP contribution >= 0.6 is 11.8 Å². The number of rotatable bonds is 6. The maximum Gasteiger partial charge on any atom is 0.196 e. The molecule has 3 aromatic rings. The monoisotopic (exact) mass is 326 g/mol. The van der Waals surface area contributed by atoms with Crippen LogP contribution < -0.4 is 4.74 Å². The average Bonchev–Trinajstić information content (AvgIpc) is 3.01. The summed E-state index contributed by atoms with van der Waals surface area (Å²) >= 11 is 1.66. The van der Waals surface area contributed by atoms with Crippen molar-refractivity contribution in [2.75, 3.05) is 12.4 Å². The van der Waals surface area contributed by atoms with Crippen LogP contribution in [0.1, 0.15) is 13.8 Å². The van der Waals surface area contributed by atoms with E-state index < -0.39 is 0 Å². The third kappa shape index (κ3) is 3.37. The highest BCUT2D eigenvalue weighted by molar-refractivity contribution is 7.99. The van der Waals surface area contributed by atoms with Gasteiger partial charge in [0.1, 0.15) is 5.75 Å². The first-order chi connectivity index (χ1) is 11.3. The molecule has 5 nitrogen and oxygen atoms in total. The predicted molar refractivity (Wildman–Crippen MR) is 92.2 cm³/mol. The van der Waals surface area contributed by atoms with Gasteiger partial charge in [-0.05, 0) is 49.1 Å². The van der Waals surface area contributed by atoms with Crippen LogP contribution in [0.2, 0.25) is 0 Å². The summed E-state index contributed by atoms with van der Waals surface area (Å²) in [4.78, 5) is 4.18. The second-order valence-corrected chi connectivity index (χ2v) is 5.97. The number of pyridine rings is 1. The van der Waals surface area contributed by atoms with E-state index >= 15 is 0 Å². The standard InChI is InChI=1S/C17H18N4OS/c1-3-22-15-9-7-14(8-10-15)21-16(13-6-5-11-18-12-13)19-20-17(21)23-4-2/h5-12H,3-4H2,1-2H3. The Hall–Kier alpha value is -2.34. The van der Waals surface area contributed by atoms with Crippen molar-refractivity contribution >= 4 is 11.8 Å². The second kappa shape index (κ2) is 7.28. The van der Waals surface area contributed by atoms with E-state index in [0.717, 1.165) is 33.7 Å². The SMILES string of the molecule is CCOc1ccc(-n2c(SCC)nnc2-c2cccnc2)cc1. The lowest BCUT2D eigenvalue weighted by Gasteiger charge is -2.11. The molecule has 0 aliphatic rings. The highest BCUT2D eigenvalue weighted by Crippen LogP contribution is 2.28. The first kappa shape index (κ1) is 15.6. The first-order valence-electron chi connectivity index (χ1n) is 7.55. The fraction of sp³-hybridized carbons (Fsp3) is 0.235. The van der Waals surface area contributed by atoms with Gasteiger partial charge in [0.05, 0.1) is 6.61 Å². The van der Waals surface area contributed by atoms with E-state index in [1.807, 2.05) is 43.3 Å². The number of aromatic nitrogens is 4. The Morgan fingerprint density at radius 1 is 1.09 bits per heavy atom. The summed E-state index contributed by atoms with van der Waals surface area (Å²) in [7, 11) is 0. The quantitative estimate of drug-likeness (QED) is 0.644. The molecule has 0 unspecified atom stereocenters. The maximum atomic E-state index is 5.52. The summed E-state index contributed by atoms with van der Waals surface area (Å²) < 4.78 is 7.57. The lowest BCUT2D eigenvalue weighted by Crippen LogP contribution is -2.00. The van der Waals surface area contributed by atoms with Gasteiger partial charge < -0.3 is 4.74 Å². The van der Waals surface area contributed by atoms with Crippen LogP contribution in [0.3, 0.4) is 0 Å². The van der Waals surface area contributed by atoms with E-state index in [0.29, 0.717) is 6.61 Å². The minimum atomic E-state index is 0.657. The van der Waals surface area contributed by atoms with Gasteiger partial charge in [-0.15, -0.1) is 10.2 Å². The minimum absolute atomic E-state index is 0.657. The Morgan fingerprint density at radius 3 is 2.57 bits per heavy atom. The Labute approximate surface area is 139 Å². The zero-order chi connectivity index (χ0) is 16.1. The lowest BCUT2D eigenvalue weighted by molar-refractivity contribution is 0.340. The van der Waals surface area contributed by atoms with Crippen molar-refractivity contribution in [1.82, 2.24) is 19.7 Å². The average molecular weight is 326 g/mol. The van der Waals surface area contributed by atoms with E-state index in [1.165, 1.54) is 0 Å².